The van der Waals surface area contributed by atoms with Gasteiger partial charge in [0.25, 0.3) is 10.2 Å². The van der Waals surface area contributed by atoms with E-state index >= 15 is 0 Å². The molecular weight excluding hydrogens is 238 g/mol. The van der Waals surface area contributed by atoms with E-state index in [0.717, 1.165) is 32.2 Å². The highest BCUT2D eigenvalue weighted by atomic mass is 32.2. The zero-order valence-electron chi connectivity index (χ0n) is 10.5. The second-order valence-electron chi connectivity index (χ2n) is 5.14. The fraction of sp³-hybridized carbons (Fsp3) is 1.00. The molecule has 100 valence electrons. The molecule has 2 N–H and O–H groups in total. The molecule has 1 aliphatic heterocycles. The monoisotopic (exact) mass is 261 g/mol. The van der Waals surface area contributed by atoms with Crippen LogP contribution >= 0.6 is 0 Å². The number of nitrogens with zero attached hydrogens (tertiary/aromatic N) is 1. The molecule has 1 heterocycles. The molecular formula is C11H23N3O2S. The Bertz CT molecular complexity index is 339. The fourth-order valence-electron chi connectivity index (χ4n) is 2.86. The number of rotatable bonds is 3. The molecule has 0 radical (unpaired) electrons. The van der Waals surface area contributed by atoms with Gasteiger partial charge in [0.15, 0.2) is 0 Å². The van der Waals surface area contributed by atoms with Crippen molar-refractivity contribution < 1.29 is 8.42 Å². The van der Waals surface area contributed by atoms with Crippen LogP contribution in [0.4, 0.5) is 0 Å². The molecule has 0 spiro atoms. The van der Waals surface area contributed by atoms with E-state index in [1.54, 1.807) is 4.31 Å². The van der Waals surface area contributed by atoms with Gasteiger partial charge in [-0.3, -0.25) is 0 Å². The van der Waals surface area contributed by atoms with Crippen LogP contribution in [0.1, 0.15) is 32.1 Å². The summed E-state index contributed by atoms with van der Waals surface area (Å²) in [5.74, 6) is 0.380. The lowest BCUT2D eigenvalue weighted by atomic mass is 9.95. The van der Waals surface area contributed by atoms with Crippen molar-refractivity contribution in [3.63, 3.8) is 0 Å². The van der Waals surface area contributed by atoms with Gasteiger partial charge in [0.05, 0.1) is 0 Å². The largest absolute Gasteiger partial charge is 0.319 e. The molecule has 0 aromatic heterocycles. The van der Waals surface area contributed by atoms with E-state index in [-0.39, 0.29) is 6.04 Å². The first-order valence-corrected chi connectivity index (χ1v) is 7.98. The van der Waals surface area contributed by atoms with Crippen molar-refractivity contribution in [3.8, 4) is 0 Å². The average Bonchev–Trinajstić information content (AvgIpc) is 2.33. The van der Waals surface area contributed by atoms with Gasteiger partial charge in [-0.25, -0.2) is 4.72 Å². The van der Waals surface area contributed by atoms with Gasteiger partial charge in [0, 0.05) is 25.7 Å². The first kappa shape index (κ1) is 13.3. The molecule has 1 atom stereocenters. The molecule has 2 fully saturated rings. The van der Waals surface area contributed by atoms with Gasteiger partial charge in [0.1, 0.15) is 0 Å². The number of nitrogens with one attached hydrogen (secondary N) is 2. The normalized spacial score (nSPS) is 31.5. The zero-order valence-corrected chi connectivity index (χ0v) is 11.3. The van der Waals surface area contributed by atoms with Gasteiger partial charge < -0.3 is 5.32 Å². The van der Waals surface area contributed by atoms with Crippen molar-refractivity contribution in [2.75, 3.05) is 26.7 Å². The smallest absolute Gasteiger partial charge is 0.279 e. The third-order valence-corrected chi connectivity index (χ3v) is 5.37. The van der Waals surface area contributed by atoms with Gasteiger partial charge in [-0.05, 0) is 25.8 Å². The van der Waals surface area contributed by atoms with Gasteiger partial charge in [-0.2, -0.15) is 12.7 Å². The Morgan fingerprint density at radius 3 is 2.65 bits per heavy atom. The molecule has 5 nitrogen and oxygen atoms in total. The van der Waals surface area contributed by atoms with Gasteiger partial charge in [-0.15, -0.1) is 0 Å². The standard InChI is InChI=1S/C11H23N3O2S/c1-12-7-10-8-13-17(15,16)14(9-10)11-5-3-2-4-6-11/h10-13H,2-9H2,1H3. The Labute approximate surface area is 104 Å². The number of hydrogen-bond donors (Lipinski definition) is 2. The molecule has 0 amide bonds. The minimum atomic E-state index is -3.22. The Morgan fingerprint density at radius 1 is 1.29 bits per heavy atom. The maximum Gasteiger partial charge on any atom is 0.279 e. The predicted molar refractivity (Wildman–Crippen MR) is 67.9 cm³/mol. The van der Waals surface area contributed by atoms with Crippen LogP contribution in [-0.2, 0) is 10.2 Å². The highest BCUT2D eigenvalue weighted by Gasteiger charge is 2.36. The fourth-order valence-corrected chi connectivity index (χ4v) is 4.49. The first-order valence-electron chi connectivity index (χ1n) is 6.54. The van der Waals surface area contributed by atoms with Crippen LogP contribution < -0.4 is 10.0 Å². The summed E-state index contributed by atoms with van der Waals surface area (Å²) in [7, 11) is -1.31. The molecule has 2 aliphatic rings. The summed E-state index contributed by atoms with van der Waals surface area (Å²) in [6, 6.07) is 0.223. The summed E-state index contributed by atoms with van der Waals surface area (Å²) in [5.41, 5.74) is 0. The van der Waals surface area contributed by atoms with E-state index in [2.05, 4.69) is 10.0 Å². The molecule has 0 bridgehead atoms. The highest BCUT2D eigenvalue weighted by Crippen LogP contribution is 2.26. The van der Waals surface area contributed by atoms with Crippen molar-refractivity contribution in [2.24, 2.45) is 5.92 Å². The maximum absolute atomic E-state index is 12.0. The van der Waals surface area contributed by atoms with E-state index in [1.165, 1.54) is 6.42 Å². The van der Waals surface area contributed by atoms with Crippen LogP contribution in [0.2, 0.25) is 0 Å². The summed E-state index contributed by atoms with van der Waals surface area (Å²) in [5, 5.41) is 3.13. The molecule has 2 rings (SSSR count). The first-order chi connectivity index (χ1) is 8.13. The molecule has 0 aromatic carbocycles. The second-order valence-corrected chi connectivity index (χ2v) is 6.85. The molecule has 1 unspecified atom stereocenters. The van der Waals surface area contributed by atoms with Crippen molar-refractivity contribution >= 4 is 10.2 Å². The van der Waals surface area contributed by atoms with Crippen LogP contribution in [0.3, 0.4) is 0 Å². The molecule has 17 heavy (non-hydrogen) atoms. The molecule has 6 heteroatoms. The number of hydrogen-bond acceptors (Lipinski definition) is 3. The topological polar surface area (TPSA) is 61.4 Å². The van der Waals surface area contributed by atoms with Crippen LogP contribution in [0, 0.1) is 5.92 Å². The lowest BCUT2D eigenvalue weighted by Crippen LogP contribution is -2.56. The van der Waals surface area contributed by atoms with E-state index in [4.69, 9.17) is 0 Å². The van der Waals surface area contributed by atoms with E-state index in [1.807, 2.05) is 7.05 Å². The summed E-state index contributed by atoms with van der Waals surface area (Å²) in [4.78, 5) is 0. The Hall–Kier alpha value is -0.170. The minimum Gasteiger partial charge on any atom is -0.319 e. The quantitative estimate of drug-likeness (QED) is 0.768. The summed E-state index contributed by atoms with van der Waals surface area (Å²) in [6.45, 7) is 2.10. The zero-order chi connectivity index (χ0) is 12.3. The molecule has 1 saturated heterocycles. The molecule has 0 aromatic rings. The highest BCUT2D eigenvalue weighted by molar-refractivity contribution is 7.87. The Kier molecular flexibility index (Phi) is 4.41. The van der Waals surface area contributed by atoms with Crippen LogP contribution in [0.5, 0.6) is 0 Å². The second kappa shape index (κ2) is 5.65. The van der Waals surface area contributed by atoms with Crippen LogP contribution in [-0.4, -0.2) is 45.4 Å². The predicted octanol–water partition coefficient (Wildman–Crippen LogP) is 0.305. The van der Waals surface area contributed by atoms with Crippen LogP contribution in [0.15, 0.2) is 0 Å². The van der Waals surface area contributed by atoms with Crippen molar-refractivity contribution in [3.05, 3.63) is 0 Å². The lowest BCUT2D eigenvalue weighted by molar-refractivity contribution is 0.207. The van der Waals surface area contributed by atoms with Crippen LogP contribution in [0.25, 0.3) is 0 Å². The summed E-state index contributed by atoms with van der Waals surface area (Å²) in [6.07, 6.45) is 5.61. The third-order valence-electron chi connectivity index (χ3n) is 3.78. The van der Waals surface area contributed by atoms with Gasteiger partial charge in [-0.1, -0.05) is 19.3 Å². The SMILES string of the molecule is CNCC1CNS(=O)(=O)N(C2CCCCC2)C1. The maximum atomic E-state index is 12.0. The summed E-state index contributed by atoms with van der Waals surface area (Å²) >= 11 is 0. The van der Waals surface area contributed by atoms with E-state index in [9.17, 15) is 8.42 Å². The van der Waals surface area contributed by atoms with Gasteiger partial charge >= 0.3 is 0 Å². The van der Waals surface area contributed by atoms with E-state index < -0.39 is 10.2 Å². The third kappa shape index (κ3) is 3.19. The Morgan fingerprint density at radius 2 is 2.00 bits per heavy atom. The van der Waals surface area contributed by atoms with Crippen molar-refractivity contribution in [1.29, 1.82) is 0 Å². The van der Waals surface area contributed by atoms with Crippen molar-refractivity contribution in [2.45, 2.75) is 38.1 Å². The summed E-state index contributed by atoms with van der Waals surface area (Å²) < 4.78 is 28.5. The van der Waals surface area contributed by atoms with E-state index in [0.29, 0.717) is 19.0 Å². The van der Waals surface area contributed by atoms with Gasteiger partial charge in [0.2, 0.25) is 0 Å². The van der Waals surface area contributed by atoms with Crippen molar-refractivity contribution in [1.82, 2.24) is 14.3 Å². The molecule has 1 aliphatic carbocycles. The Balaban J connectivity index is 2.04. The minimum absolute atomic E-state index is 0.223. The molecule has 1 saturated carbocycles. The average molecular weight is 261 g/mol. The lowest BCUT2D eigenvalue weighted by Gasteiger charge is -2.39.